The zero-order chi connectivity index (χ0) is 24.3. The molecule has 0 fully saturated rings. The molecule has 1 atom stereocenters. The number of esters is 1. The van der Waals surface area contributed by atoms with Crippen LogP contribution in [0.2, 0.25) is 0 Å². The summed E-state index contributed by atoms with van der Waals surface area (Å²) in [6.07, 6.45) is -0.269. The maximum absolute atomic E-state index is 13.8. The molecular weight excluding hydrogens is 469 g/mol. The maximum atomic E-state index is 13.8. The number of halogens is 1. The summed E-state index contributed by atoms with van der Waals surface area (Å²) in [5.41, 5.74) is 0.878. The molecule has 1 N–H and O–H groups in total. The van der Waals surface area contributed by atoms with E-state index in [-0.39, 0.29) is 16.6 Å². The zero-order valence-electron chi connectivity index (χ0n) is 18.4. The van der Waals surface area contributed by atoms with Gasteiger partial charge in [0.15, 0.2) is 17.6 Å². The van der Waals surface area contributed by atoms with E-state index in [4.69, 9.17) is 18.7 Å². The smallest absolute Gasteiger partial charge is 0.321 e. The Morgan fingerprint density at radius 2 is 1.94 bits per heavy atom. The van der Waals surface area contributed by atoms with Crippen molar-refractivity contribution in [1.29, 1.82) is 0 Å². The number of aromatic nitrogens is 2. The minimum atomic E-state index is -4.01. The lowest BCUT2D eigenvalue weighted by Gasteiger charge is -2.12. The molecular formula is C22H22FN3O7S. The third-order valence-electron chi connectivity index (χ3n) is 4.96. The molecule has 0 saturated heterocycles. The number of ether oxygens (including phenoxy) is 3. The van der Waals surface area contributed by atoms with Gasteiger partial charge in [0.05, 0.1) is 18.1 Å². The number of sulfonamides is 1. The van der Waals surface area contributed by atoms with Crippen molar-refractivity contribution < 1.29 is 36.3 Å². The Hall–Kier alpha value is -3.51. The highest BCUT2D eigenvalue weighted by molar-refractivity contribution is 7.89. The molecule has 0 radical (unpaired) electrons. The van der Waals surface area contributed by atoms with E-state index < -0.39 is 34.5 Å². The van der Waals surface area contributed by atoms with Crippen LogP contribution in [0.1, 0.15) is 30.9 Å². The van der Waals surface area contributed by atoms with Gasteiger partial charge in [-0.3, -0.25) is 4.79 Å². The van der Waals surface area contributed by atoms with Gasteiger partial charge in [0, 0.05) is 18.1 Å². The monoisotopic (exact) mass is 491 g/mol. The van der Waals surface area contributed by atoms with E-state index in [2.05, 4.69) is 14.9 Å². The van der Waals surface area contributed by atoms with Gasteiger partial charge >= 0.3 is 5.97 Å². The van der Waals surface area contributed by atoms with Crippen LogP contribution in [0.25, 0.3) is 11.4 Å². The molecule has 4 rings (SSSR count). The van der Waals surface area contributed by atoms with E-state index in [0.29, 0.717) is 42.3 Å². The van der Waals surface area contributed by atoms with E-state index in [9.17, 15) is 17.6 Å². The number of hydrogen-bond acceptors (Lipinski definition) is 9. The number of hydrogen-bond donors (Lipinski definition) is 1. The van der Waals surface area contributed by atoms with Gasteiger partial charge < -0.3 is 18.7 Å². The summed E-state index contributed by atoms with van der Waals surface area (Å²) in [6, 6.07) is 8.69. The maximum Gasteiger partial charge on any atom is 0.321 e. The Labute approximate surface area is 195 Å². The molecule has 1 aromatic heterocycles. The second-order valence-electron chi connectivity index (χ2n) is 7.54. The van der Waals surface area contributed by atoms with Crippen LogP contribution in [0.15, 0.2) is 45.8 Å². The van der Waals surface area contributed by atoms with E-state index in [1.807, 2.05) is 0 Å². The van der Waals surface area contributed by atoms with Crippen molar-refractivity contribution in [3.63, 3.8) is 0 Å². The number of aryl methyl sites for hydroxylation is 1. The number of nitrogens with zero attached hydrogens (tertiary/aromatic N) is 2. The van der Waals surface area contributed by atoms with Crippen LogP contribution in [0.5, 0.6) is 11.5 Å². The lowest BCUT2D eigenvalue weighted by Crippen LogP contribution is -2.31. The Morgan fingerprint density at radius 1 is 1.18 bits per heavy atom. The third kappa shape index (κ3) is 5.34. The van der Waals surface area contributed by atoms with Crippen LogP contribution in [-0.4, -0.2) is 44.3 Å². The van der Waals surface area contributed by atoms with Crippen LogP contribution in [0, 0.1) is 12.7 Å². The van der Waals surface area contributed by atoms with Gasteiger partial charge in [0.25, 0.3) is 5.89 Å². The fourth-order valence-electron chi connectivity index (χ4n) is 3.09. The van der Waals surface area contributed by atoms with E-state index >= 15 is 0 Å². The lowest BCUT2D eigenvalue weighted by molar-refractivity contribution is -0.148. The average Bonchev–Trinajstić information content (AvgIpc) is 3.19. The standard InChI is InChI=1S/C22H22FN3O7S/c1-13-4-5-15(10-17(13)23)21-25-22(33-26-21)14(2)32-20(27)12-24-34(28,29)16-6-7-18-19(11-16)31-9-3-8-30-18/h4-7,10-11,14,24H,3,8-9,12H2,1-2H3. The molecule has 0 saturated carbocycles. The molecule has 3 aromatic rings. The third-order valence-corrected chi connectivity index (χ3v) is 6.36. The van der Waals surface area contributed by atoms with Crippen molar-refractivity contribution in [1.82, 2.24) is 14.9 Å². The lowest BCUT2D eigenvalue weighted by atomic mass is 10.1. The number of carbonyl (C=O) groups is 1. The highest BCUT2D eigenvalue weighted by atomic mass is 32.2. The fourth-order valence-corrected chi connectivity index (χ4v) is 4.07. The molecule has 0 spiro atoms. The summed E-state index contributed by atoms with van der Waals surface area (Å²) in [4.78, 5) is 16.3. The number of carbonyl (C=O) groups excluding carboxylic acids is 1. The molecule has 2 heterocycles. The SMILES string of the molecule is Cc1ccc(-c2noc(C(C)OC(=O)CNS(=O)(=O)c3ccc4c(c3)OCCCO4)n2)cc1F. The summed E-state index contributed by atoms with van der Waals surface area (Å²) in [5.74, 6) is -0.382. The van der Waals surface area contributed by atoms with E-state index in [0.717, 1.165) is 0 Å². The molecule has 0 bridgehead atoms. The number of fused-ring (bicyclic) bond motifs is 1. The summed E-state index contributed by atoms with van der Waals surface area (Å²) in [7, 11) is -4.01. The summed E-state index contributed by atoms with van der Waals surface area (Å²) in [6.45, 7) is 3.38. The largest absolute Gasteiger partial charge is 0.490 e. The van der Waals surface area contributed by atoms with E-state index in [1.165, 1.54) is 31.2 Å². The summed E-state index contributed by atoms with van der Waals surface area (Å²) >= 11 is 0. The van der Waals surface area contributed by atoms with Gasteiger partial charge in [0.1, 0.15) is 12.4 Å². The first-order chi connectivity index (χ1) is 16.2. The quantitative estimate of drug-likeness (QED) is 0.496. The molecule has 34 heavy (non-hydrogen) atoms. The van der Waals surface area contributed by atoms with Gasteiger partial charge in [-0.2, -0.15) is 9.71 Å². The molecule has 1 unspecified atom stereocenters. The first-order valence-corrected chi connectivity index (χ1v) is 11.9. The normalized spacial score (nSPS) is 14.3. The van der Waals surface area contributed by atoms with Crippen molar-refractivity contribution in [3.8, 4) is 22.9 Å². The van der Waals surface area contributed by atoms with Crippen LogP contribution in [-0.2, 0) is 19.6 Å². The van der Waals surface area contributed by atoms with Crippen molar-refractivity contribution in [3.05, 3.63) is 53.7 Å². The second-order valence-corrected chi connectivity index (χ2v) is 9.30. The summed E-state index contributed by atoms with van der Waals surface area (Å²) in [5, 5.41) is 3.77. The summed E-state index contributed by atoms with van der Waals surface area (Å²) < 4.78 is 62.4. The Morgan fingerprint density at radius 3 is 2.71 bits per heavy atom. The van der Waals surface area contributed by atoms with Crippen molar-refractivity contribution in [2.45, 2.75) is 31.3 Å². The predicted molar refractivity (Wildman–Crippen MR) is 116 cm³/mol. The minimum Gasteiger partial charge on any atom is -0.490 e. The number of benzene rings is 2. The molecule has 1 aliphatic rings. The van der Waals surface area contributed by atoms with Gasteiger partial charge in [-0.05, 0) is 37.6 Å². The van der Waals surface area contributed by atoms with E-state index in [1.54, 1.807) is 19.1 Å². The van der Waals surface area contributed by atoms with Crippen LogP contribution in [0.3, 0.4) is 0 Å². The van der Waals surface area contributed by atoms with Crippen molar-refractivity contribution in [2.75, 3.05) is 19.8 Å². The van der Waals surface area contributed by atoms with Gasteiger partial charge in [0.2, 0.25) is 15.8 Å². The predicted octanol–water partition coefficient (Wildman–Crippen LogP) is 2.93. The van der Waals surface area contributed by atoms with Crippen LogP contribution >= 0.6 is 0 Å². The number of rotatable bonds is 7. The van der Waals surface area contributed by atoms with Crippen LogP contribution in [0.4, 0.5) is 4.39 Å². The number of nitrogens with one attached hydrogen (secondary N) is 1. The van der Waals surface area contributed by atoms with Crippen molar-refractivity contribution >= 4 is 16.0 Å². The topological polar surface area (TPSA) is 130 Å². The second kappa shape index (κ2) is 9.77. The van der Waals surface area contributed by atoms with Gasteiger partial charge in [-0.1, -0.05) is 17.3 Å². The van der Waals surface area contributed by atoms with Crippen molar-refractivity contribution in [2.24, 2.45) is 0 Å². The fraction of sp³-hybridized carbons (Fsp3) is 0.318. The Bertz CT molecular complexity index is 1310. The molecule has 2 aromatic carbocycles. The molecule has 10 nitrogen and oxygen atoms in total. The highest BCUT2D eigenvalue weighted by Crippen LogP contribution is 2.31. The molecule has 0 amide bonds. The highest BCUT2D eigenvalue weighted by Gasteiger charge is 2.23. The van der Waals surface area contributed by atoms with Gasteiger partial charge in [-0.15, -0.1) is 0 Å². The Kier molecular flexibility index (Phi) is 6.80. The molecule has 12 heteroatoms. The molecule has 1 aliphatic heterocycles. The molecule has 180 valence electrons. The first kappa shape index (κ1) is 23.6. The Balaban J connectivity index is 1.36. The van der Waals surface area contributed by atoms with Gasteiger partial charge in [-0.25, -0.2) is 12.8 Å². The average molecular weight is 491 g/mol. The molecule has 0 aliphatic carbocycles. The zero-order valence-corrected chi connectivity index (χ0v) is 19.2. The first-order valence-electron chi connectivity index (χ1n) is 10.4. The van der Waals surface area contributed by atoms with Crippen LogP contribution < -0.4 is 14.2 Å². The minimum absolute atomic E-state index is 0.0184.